The third-order valence-electron chi connectivity index (χ3n) is 3.80. The maximum atomic E-state index is 12.7. The zero-order valence-corrected chi connectivity index (χ0v) is 15.1. The smallest absolute Gasteiger partial charge is 0.409 e. The van der Waals surface area contributed by atoms with Gasteiger partial charge in [-0.3, -0.25) is 9.05 Å². The van der Waals surface area contributed by atoms with E-state index in [1.54, 1.807) is 19.9 Å². The fourth-order valence-corrected chi connectivity index (χ4v) is 3.95. The molecule has 0 aliphatic heterocycles. The molecular formula is C17H22F3O4P. The molecule has 2 rings (SSSR count). The highest BCUT2D eigenvalue weighted by atomic mass is 31.2. The van der Waals surface area contributed by atoms with Crippen LogP contribution in [0, 0.1) is 0 Å². The van der Waals surface area contributed by atoms with Crippen molar-refractivity contribution in [3.05, 3.63) is 47.2 Å². The zero-order valence-electron chi connectivity index (χ0n) is 14.2. The summed E-state index contributed by atoms with van der Waals surface area (Å²) in [5, 5.41) is 0. The van der Waals surface area contributed by atoms with E-state index in [9.17, 15) is 17.7 Å². The largest absolute Gasteiger partial charge is 0.529 e. The lowest BCUT2D eigenvalue weighted by molar-refractivity contribution is -0.137. The van der Waals surface area contributed by atoms with Crippen LogP contribution < -0.4 is 0 Å². The van der Waals surface area contributed by atoms with E-state index in [2.05, 4.69) is 0 Å². The first-order valence-electron chi connectivity index (χ1n) is 8.24. The maximum absolute atomic E-state index is 12.7. The standard InChI is InChI=1S/C17H22F3O4P/c1-3-22-25(21,23-4-2)24-16-7-5-6-14(12-16)13-8-10-15(11-9-13)17(18,19)20/h8-12,14H,3-7H2,1-2H3. The first-order chi connectivity index (χ1) is 11.8. The van der Waals surface area contributed by atoms with E-state index in [-0.39, 0.29) is 19.1 Å². The van der Waals surface area contributed by atoms with Crippen LogP contribution >= 0.6 is 7.82 Å². The summed E-state index contributed by atoms with van der Waals surface area (Å²) in [5.41, 5.74) is 0.0844. The first-order valence-corrected chi connectivity index (χ1v) is 9.70. The molecule has 1 unspecified atom stereocenters. The molecule has 0 heterocycles. The van der Waals surface area contributed by atoms with Crippen molar-refractivity contribution in [2.45, 2.75) is 45.2 Å². The molecule has 1 aromatic rings. The van der Waals surface area contributed by atoms with Crippen LogP contribution in [0.1, 0.15) is 50.2 Å². The molecule has 25 heavy (non-hydrogen) atoms. The van der Waals surface area contributed by atoms with Crippen molar-refractivity contribution in [2.75, 3.05) is 13.2 Å². The molecule has 1 aliphatic rings. The number of halogens is 3. The molecule has 0 spiro atoms. The molecule has 0 fully saturated rings. The van der Waals surface area contributed by atoms with Crippen molar-refractivity contribution < 1.29 is 31.3 Å². The molecule has 0 amide bonds. The minimum Gasteiger partial charge on any atom is -0.409 e. The molecule has 0 saturated heterocycles. The molecule has 140 valence electrons. The van der Waals surface area contributed by atoms with Gasteiger partial charge in [0.25, 0.3) is 0 Å². The monoisotopic (exact) mass is 378 g/mol. The molecule has 0 N–H and O–H groups in total. The Bertz CT molecular complexity index is 630. The number of benzene rings is 1. The Hall–Kier alpha value is -1.30. The average molecular weight is 378 g/mol. The second kappa shape index (κ2) is 8.39. The molecule has 0 radical (unpaired) electrons. The molecule has 1 atom stereocenters. The lowest BCUT2D eigenvalue weighted by Crippen LogP contribution is -2.08. The molecule has 0 bridgehead atoms. The Morgan fingerprint density at radius 2 is 1.72 bits per heavy atom. The number of phosphoric ester groups is 1. The van der Waals surface area contributed by atoms with Crippen LogP contribution in [0.25, 0.3) is 0 Å². The summed E-state index contributed by atoms with van der Waals surface area (Å²) < 4.78 is 66.1. The van der Waals surface area contributed by atoms with Gasteiger partial charge in [-0.05, 0) is 50.5 Å². The van der Waals surface area contributed by atoms with E-state index >= 15 is 0 Å². The SMILES string of the molecule is CCOP(=O)(OCC)OC1=CC(c2ccc(C(F)(F)F)cc2)CCC1. The predicted octanol–water partition coefficient (Wildman–Crippen LogP) is 6.05. The fourth-order valence-electron chi connectivity index (χ4n) is 2.70. The van der Waals surface area contributed by atoms with Gasteiger partial charge in [0.2, 0.25) is 0 Å². The molecule has 4 nitrogen and oxygen atoms in total. The number of phosphoric acid groups is 1. The number of allylic oxidation sites excluding steroid dienone is 2. The third-order valence-corrected chi connectivity index (χ3v) is 5.40. The minimum atomic E-state index is -4.35. The Kier molecular flexibility index (Phi) is 6.72. The normalized spacial score (nSPS) is 18.8. The quantitative estimate of drug-likeness (QED) is 0.542. The highest BCUT2D eigenvalue weighted by Gasteiger charge is 2.31. The van der Waals surface area contributed by atoms with Gasteiger partial charge in [-0.15, -0.1) is 0 Å². The maximum Gasteiger partial charge on any atom is 0.529 e. The molecule has 1 aromatic carbocycles. The van der Waals surface area contributed by atoms with Crippen LogP contribution in [-0.4, -0.2) is 13.2 Å². The van der Waals surface area contributed by atoms with E-state index in [1.807, 2.05) is 0 Å². The summed E-state index contributed by atoms with van der Waals surface area (Å²) >= 11 is 0. The van der Waals surface area contributed by atoms with Crippen LogP contribution in [0.15, 0.2) is 36.1 Å². The van der Waals surface area contributed by atoms with Gasteiger partial charge in [-0.25, -0.2) is 4.57 Å². The van der Waals surface area contributed by atoms with Crippen molar-refractivity contribution in [1.82, 2.24) is 0 Å². The van der Waals surface area contributed by atoms with E-state index in [0.29, 0.717) is 12.2 Å². The van der Waals surface area contributed by atoms with Gasteiger partial charge >= 0.3 is 14.0 Å². The fraction of sp³-hybridized carbons (Fsp3) is 0.529. The number of rotatable bonds is 7. The van der Waals surface area contributed by atoms with Crippen LogP contribution in [0.2, 0.25) is 0 Å². The average Bonchev–Trinajstić information content (AvgIpc) is 2.54. The Morgan fingerprint density at radius 1 is 1.12 bits per heavy atom. The number of alkyl halides is 3. The molecule has 0 aromatic heterocycles. The van der Waals surface area contributed by atoms with Gasteiger partial charge in [0, 0.05) is 12.3 Å². The highest BCUT2D eigenvalue weighted by molar-refractivity contribution is 7.48. The van der Waals surface area contributed by atoms with Crippen LogP contribution in [0.3, 0.4) is 0 Å². The Labute approximate surface area is 145 Å². The minimum absolute atomic E-state index is 0.0947. The van der Waals surface area contributed by atoms with Crippen molar-refractivity contribution in [3.63, 3.8) is 0 Å². The summed E-state index contributed by atoms with van der Waals surface area (Å²) in [6, 6.07) is 5.09. The Balaban J connectivity index is 2.15. The summed E-state index contributed by atoms with van der Waals surface area (Å²) in [6.07, 6.45) is -0.420. The predicted molar refractivity (Wildman–Crippen MR) is 88.1 cm³/mol. The van der Waals surface area contributed by atoms with Gasteiger partial charge in [0.05, 0.1) is 18.8 Å². The van der Waals surface area contributed by atoms with Crippen LogP contribution in [0.5, 0.6) is 0 Å². The number of hydrogen-bond donors (Lipinski definition) is 0. The van der Waals surface area contributed by atoms with E-state index in [4.69, 9.17) is 13.6 Å². The lowest BCUT2D eigenvalue weighted by atomic mass is 9.88. The molecule has 0 saturated carbocycles. The van der Waals surface area contributed by atoms with E-state index in [0.717, 1.165) is 30.5 Å². The summed E-state index contributed by atoms with van der Waals surface area (Å²) in [4.78, 5) is 0. The highest BCUT2D eigenvalue weighted by Crippen LogP contribution is 2.52. The summed E-state index contributed by atoms with van der Waals surface area (Å²) in [5.74, 6) is 0.393. The van der Waals surface area contributed by atoms with Crippen molar-refractivity contribution in [2.24, 2.45) is 0 Å². The van der Waals surface area contributed by atoms with E-state index < -0.39 is 19.6 Å². The zero-order chi connectivity index (χ0) is 18.5. The molecule has 8 heteroatoms. The van der Waals surface area contributed by atoms with Gasteiger partial charge in [0.15, 0.2) is 0 Å². The van der Waals surface area contributed by atoms with Crippen molar-refractivity contribution >= 4 is 7.82 Å². The number of hydrogen-bond acceptors (Lipinski definition) is 4. The molecular weight excluding hydrogens is 356 g/mol. The first kappa shape index (κ1) is 20.0. The van der Waals surface area contributed by atoms with Gasteiger partial charge in [-0.2, -0.15) is 13.2 Å². The van der Waals surface area contributed by atoms with Crippen molar-refractivity contribution in [3.8, 4) is 0 Å². The van der Waals surface area contributed by atoms with Crippen LogP contribution in [0.4, 0.5) is 13.2 Å². The Morgan fingerprint density at radius 3 is 2.24 bits per heavy atom. The topological polar surface area (TPSA) is 44.8 Å². The van der Waals surface area contributed by atoms with E-state index in [1.165, 1.54) is 12.1 Å². The summed E-state index contributed by atoms with van der Waals surface area (Å²) in [7, 11) is -3.65. The van der Waals surface area contributed by atoms with Crippen LogP contribution in [-0.2, 0) is 24.3 Å². The van der Waals surface area contributed by atoms with Crippen molar-refractivity contribution in [1.29, 1.82) is 0 Å². The van der Waals surface area contributed by atoms with Gasteiger partial charge < -0.3 is 4.52 Å². The second-order valence-electron chi connectivity index (χ2n) is 5.63. The van der Waals surface area contributed by atoms with Gasteiger partial charge in [0.1, 0.15) is 5.76 Å². The summed E-state index contributed by atoms with van der Waals surface area (Å²) in [6.45, 7) is 3.75. The lowest BCUT2D eigenvalue weighted by Gasteiger charge is -2.24. The second-order valence-corrected chi connectivity index (χ2v) is 7.22. The van der Waals surface area contributed by atoms with Gasteiger partial charge in [-0.1, -0.05) is 12.1 Å². The third kappa shape index (κ3) is 5.59. The molecule has 1 aliphatic carbocycles.